The lowest BCUT2D eigenvalue weighted by atomic mass is 9.98. The molecule has 3 rings (SSSR count). The molecule has 0 bridgehead atoms. The highest BCUT2D eigenvalue weighted by Gasteiger charge is 2.22. The van der Waals surface area contributed by atoms with Crippen molar-refractivity contribution in [3.63, 3.8) is 0 Å². The molecular weight excluding hydrogens is 404 g/mol. The average Bonchev–Trinajstić information content (AvgIpc) is 2.80. The third-order valence-corrected chi connectivity index (χ3v) is 4.58. The molecule has 0 unspecified atom stereocenters. The summed E-state index contributed by atoms with van der Waals surface area (Å²) in [5.74, 6) is -1.01. The highest BCUT2D eigenvalue weighted by molar-refractivity contribution is 6.18. The van der Waals surface area contributed by atoms with Gasteiger partial charge in [0.1, 0.15) is 18.0 Å². The Balaban J connectivity index is 2.20. The molecule has 160 valence electrons. The van der Waals surface area contributed by atoms with Crippen LogP contribution in [0.25, 0.3) is 10.8 Å². The number of rotatable bonds is 8. The van der Waals surface area contributed by atoms with Crippen LogP contribution in [0.2, 0.25) is 0 Å². The van der Waals surface area contributed by atoms with E-state index in [1.165, 1.54) is 27.5 Å². The first-order chi connectivity index (χ1) is 14.9. The van der Waals surface area contributed by atoms with Crippen molar-refractivity contribution >= 4 is 28.4 Å². The minimum absolute atomic E-state index is 0.0963. The number of carbonyl (C=O) groups excluding carboxylic acids is 2. The summed E-state index contributed by atoms with van der Waals surface area (Å²) in [5.41, 5.74) is 0.546. The molecule has 0 saturated carbocycles. The molecule has 0 radical (unpaired) electrons. The minimum atomic E-state index is -1.19. The number of carbonyl (C=O) groups is 3. The Morgan fingerprint density at radius 1 is 0.968 bits per heavy atom. The normalized spacial score (nSPS) is 10.4. The van der Waals surface area contributed by atoms with E-state index in [-0.39, 0.29) is 17.0 Å². The zero-order valence-electron chi connectivity index (χ0n) is 17.1. The summed E-state index contributed by atoms with van der Waals surface area (Å²) in [6.45, 7) is -0.557. The van der Waals surface area contributed by atoms with Crippen LogP contribution in [-0.4, -0.2) is 55.6 Å². The summed E-state index contributed by atoms with van der Waals surface area (Å²) < 4.78 is 15.8. The number of amides is 1. The molecule has 0 aliphatic rings. The van der Waals surface area contributed by atoms with E-state index < -0.39 is 18.4 Å². The van der Waals surface area contributed by atoms with Gasteiger partial charge in [-0.1, -0.05) is 12.1 Å². The largest absolute Gasteiger partial charge is 0.497 e. The molecule has 9 nitrogen and oxygen atoms in total. The first-order valence-corrected chi connectivity index (χ1v) is 9.13. The Hall–Kier alpha value is -4.14. The van der Waals surface area contributed by atoms with Crippen LogP contribution in [0.1, 0.15) is 26.4 Å². The molecule has 0 saturated heterocycles. The van der Waals surface area contributed by atoms with Crippen LogP contribution >= 0.6 is 0 Å². The number of benzene rings is 2. The van der Waals surface area contributed by atoms with Crippen molar-refractivity contribution in [1.29, 1.82) is 0 Å². The first-order valence-electron chi connectivity index (χ1n) is 9.13. The van der Waals surface area contributed by atoms with Crippen LogP contribution < -0.4 is 19.5 Å². The highest BCUT2D eigenvalue weighted by atomic mass is 16.5. The Bertz CT molecular complexity index is 1170. The number of ketones is 1. The Kier molecular flexibility index (Phi) is 6.35. The van der Waals surface area contributed by atoms with E-state index in [1.807, 2.05) is 0 Å². The van der Waals surface area contributed by atoms with Gasteiger partial charge in [-0.25, -0.2) is 0 Å². The number of methoxy groups -OCH3 is 3. The standard InChI is InChI=1S/C22H20N2O7/c1-29-13-6-4-5-12(7-13)21(27)20-15-9-18(31-3)17(30-2)8-14(15)16(10-23-20)22(28)24-11-19(25)26/h4-10H,11H2,1-3H3,(H,24,28)(H,25,26). The molecule has 0 fully saturated rings. The number of nitrogens with one attached hydrogen (secondary N) is 1. The number of aromatic nitrogens is 1. The second-order valence-electron chi connectivity index (χ2n) is 6.41. The van der Waals surface area contributed by atoms with E-state index >= 15 is 0 Å². The Morgan fingerprint density at radius 3 is 2.26 bits per heavy atom. The van der Waals surface area contributed by atoms with Crippen LogP contribution in [0.3, 0.4) is 0 Å². The van der Waals surface area contributed by atoms with Crippen molar-refractivity contribution in [3.05, 3.63) is 59.4 Å². The SMILES string of the molecule is COc1cccc(C(=O)c2ncc(C(=O)NCC(=O)O)c3cc(OC)c(OC)cc23)c1. The third-order valence-electron chi connectivity index (χ3n) is 4.58. The predicted octanol–water partition coefficient (Wildman–Crippen LogP) is 2.31. The van der Waals surface area contributed by atoms with E-state index in [9.17, 15) is 14.4 Å². The van der Waals surface area contributed by atoms with E-state index in [0.717, 1.165) is 0 Å². The number of aliphatic carboxylic acids is 1. The van der Waals surface area contributed by atoms with Gasteiger partial charge in [0.15, 0.2) is 11.5 Å². The Morgan fingerprint density at radius 2 is 1.65 bits per heavy atom. The summed E-state index contributed by atoms with van der Waals surface area (Å²) in [4.78, 5) is 40.8. The fraction of sp³-hybridized carbons (Fsp3) is 0.182. The van der Waals surface area contributed by atoms with Gasteiger partial charge in [-0.2, -0.15) is 0 Å². The number of fused-ring (bicyclic) bond motifs is 1. The van der Waals surface area contributed by atoms with E-state index in [1.54, 1.807) is 36.4 Å². The topological polar surface area (TPSA) is 124 Å². The van der Waals surface area contributed by atoms with Gasteiger partial charge in [0.2, 0.25) is 5.78 Å². The molecule has 1 heterocycles. The molecule has 31 heavy (non-hydrogen) atoms. The third kappa shape index (κ3) is 4.40. The summed E-state index contributed by atoms with van der Waals surface area (Å²) in [5, 5.41) is 11.9. The highest BCUT2D eigenvalue weighted by Crippen LogP contribution is 2.35. The van der Waals surface area contributed by atoms with Crippen LogP contribution in [0, 0.1) is 0 Å². The van der Waals surface area contributed by atoms with Gasteiger partial charge in [-0.3, -0.25) is 19.4 Å². The molecule has 0 aliphatic carbocycles. The van der Waals surface area contributed by atoms with Gasteiger partial charge in [0.25, 0.3) is 5.91 Å². The van der Waals surface area contributed by atoms with Crippen molar-refractivity contribution < 1.29 is 33.7 Å². The van der Waals surface area contributed by atoms with Crippen molar-refractivity contribution in [3.8, 4) is 17.2 Å². The molecule has 0 atom stereocenters. The second kappa shape index (κ2) is 9.12. The van der Waals surface area contributed by atoms with Gasteiger partial charge in [-0.15, -0.1) is 0 Å². The molecular formula is C22H20N2O7. The van der Waals surface area contributed by atoms with Gasteiger partial charge >= 0.3 is 5.97 Å². The molecule has 2 aromatic carbocycles. The average molecular weight is 424 g/mol. The molecule has 0 aliphatic heterocycles. The zero-order valence-corrected chi connectivity index (χ0v) is 17.1. The maximum atomic E-state index is 13.2. The van der Waals surface area contributed by atoms with Crippen LogP contribution in [0.4, 0.5) is 0 Å². The van der Waals surface area contributed by atoms with Crippen LogP contribution in [-0.2, 0) is 4.79 Å². The molecule has 9 heteroatoms. The van der Waals surface area contributed by atoms with Gasteiger partial charge in [0, 0.05) is 22.5 Å². The molecule has 1 aromatic heterocycles. The monoisotopic (exact) mass is 424 g/mol. The smallest absolute Gasteiger partial charge is 0.322 e. The lowest BCUT2D eigenvalue weighted by molar-refractivity contribution is -0.135. The summed E-state index contributed by atoms with van der Waals surface area (Å²) in [6.07, 6.45) is 1.23. The number of carboxylic acids is 1. The predicted molar refractivity (Wildman–Crippen MR) is 111 cm³/mol. The van der Waals surface area contributed by atoms with Crippen molar-refractivity contribution in [2.75, 3.05) is 27.9 Å². The molecule has 2 N–H and O–H groups in total. The van der Waals surface area contributed by atoms with Crippen LogP contribution in [0.15, 0.2) is 42.6 Å². The quantitative estimate of drug-likeness (QED) is 0.528. The molecule has 0 spiro atoms. The maximum absolute atomic E-state index is 13.2. The number of nitrogens with zero attached hydrogens (tertiary/aromatic N) is 1. The summed E-state index contributed by atoms with van der Waals surface area (Å²) in [7, 11) is 4.39. The van der Waals surface area contributed by atoms with Crippen molar-refractivity contribution in [2.45, 2.75) is 0 Å². The fourth-order valence-electron chi connectivity index (χ4n) is 3.08. The van der Waals surface area contributed by atoms with E-state index in [2.05, 4.69) is 10.3 Å². The second-order valence-corrected chi connectivity index (χ2v) is 6.41. The van der Waals surface area contributed by atoms with Gasteiger partial charge < -0.3 is 24.6 Å². The van der Waals surface area contributed by atoms with Crippen LogP contribution in [0.5, 0.6) is 17.2 Å². The minimum Gasteiger partial charge on any atom is -0.497 e. The lowest BCUT2D eigenvalue weighted by Crippen LogP contribution is -2.29. The summed E-state index contributed by atoms with van der Waals surface area (Å²) >= 11 is 0. The van der Waals surface area contributed by atoms with E-state index in [4.69, 9.17) is 19.3 Å². The number of hydrogen-bond donors (Lipinski definition) is 2. The fourth-order valence-corrected chi connectivity index (χ4v) is 3.08. The first kappa shape index (κ1) is 21.6. The van der Waals surface area contributed by atoms with Crippen molar-refractivity contribution in [1.82, 2.24) is 10.3 Å². The maximum Gasteiger partial charge on any atom is 0.322 e. The number of carboxylic acid groups (broad SMARTS) is 1. The van der Waals surface area contributed by atoms with Gasteiger partial charge in [-0.05, 0) is 24.3 Å². The van der Waals surface area contributed by atoms with Gasteiger partial charge in [0.05, 0.1) is 26.9 Å². The number of hydrogen-bond acceptors (Lipinski definition) is 7. The molecule has 3 aromatic rings. The Labute approximate surface area is 177 Å². The zero-order chi connectivity index (χ0) is 22.5. The lowest BCUT2D eigenvalue weighted by Gasteiger charge is -2.14. The molecule has 1 amide bonds. The number of pyridine rings is 1. The summed E-state index contributed by atoms with van der Waals surface area (Å²) in [6, 6.07) is 9.73. The van der Waals surface area contributed by atoms with E-state index in [0.29, 0.717) is 33.6 Å². The number of ether oxygens (including phenoxy) is 3. The van der Waals surface area contributed by atoms with Crippen molar-refractivity contribution in [2.24, 2.45) is 0 Å².